The molecule has 0 atom stereocenters. The van der Waals surface area contributed by atoms with Gasteiger partial charge in [0.25, 0.3) is 5.91 Å². The molecule has 0 spiro atoms. The van der Waals surface area contributed by atoms with Gasteiger partial charge in [0.1, 0.15) is 5.76 Å². The second-order valence-corrected chi connectivity index (χ2v) is 5.08. The number of hydrogen-bond acceptors (Lipinski definition) is 5. The molecule has 0 fully saturated rings. The van der Waals surface area contributed by atoms with Crippen molar-refractivity contribution in [3.63, 3.8) is 0 Å². The first-order chi connectivity index (χ1) is 11.1. The van der Waals surface area contributed by atoms with Crippen molar-refractivity contribution in [2.24, 2.45) is 0 Å². The van der Waals surface area contributed by atoms with E-state index in [9.17, 15) is 9.59 Å². The van der Waals surface area contributed by atoms with Crippen molar-refractivity contribution in [3.05, 3.63) is 47.9 Å². The highest BCUT2D eigenvalue weighted by Gasteiger charge is 2.17. The van der Waals surface area contributed by atoms with Gasteiger partial charge in [0.05, 0.1) is 19.4 Å². The molecular formula is C16H16N2O5. The second kappa shape index (κ2) is 6.43. The van der Waals surface area contributed by atoms with Crippen LogP contribution in [0.5, 0.6) is 11.5 Å². The summed E-state index contributed by atoms with van der Waals surface area (Å²) in [6.45, 7) is 0.409. The van der Waals surface area contributed by atoms with E-state index in [0.717, 1.165) is 0 Å². The van der Waals surface area contributed by atoms with Gasteiger partial charge in [0.2, 0.25) is 12.7 Å². The van der Waals surface area contributed by atoms with Crippen LogP contribution < -0.4 is 14.8 Å². The van der Waals surface area contributed by atoms with E-state index in [0.29, 0.717) is 29.4 Å². The van der Waals surface area contributed by atoms with Crippen LogP contribution in [0.4, 0.5) is 0 Å². The number of likely N-dealkylation sites (N-methyl/N-ethyl adjacent to an activating group) is 1. The minimum absolute atomic E-state index is 0.0928. The van der Waals surface area contributed by atoms with Gasteiger partial charge < -0.3 is 24.1 Å². The topological polar surface area (TPSA) is 81.0 Å². The van der Waals surface area contributed by atoms with Crippen LogP contribution in [-0.2, 0) is 11.3 Å². The van der Waals surface area contributed by atoms with Gasteiger partial charge >= 0.3 is 0 Å². The molecule has 120 valence electrons. The van der Waals surface area contributed by atoms with Gasteiger partial charge in [-0.15, -0.1) is 0 Å². The predicted octanol–water partition coefficient (Wildman–Crippen LogP) is 1.40. The van der Waals surface area contributed by atoms with E-state index in [1.165, 1.54) is 4.90 Å². The molecule has 7 heteroatoms. The summed E-state index contributed by atoms with van der Waals surface area (Å²) in [5.41, 5.74) is 0.413. The number of nitrogens with zero attached hydrogens (tertiary/aromatic N) is 1. The number of benzene rings is 1. The van der Waals surface area contributed by atoms with Gasteiger partial charge in [0.15, 0.2) is 11.5 Å². The highest BCUT2D eigenvalue weighted by molar-refractivity contribution is 5.97. The van der Waals surface area contributed by atoms with Crippen molar-refractivity contribution < 1.29 is 23.5 Å². The zero-order chi connectivity index (χ0) is 16.2. The number of fused-ring (bicyclic) bond motifs is 1. The zero-order valence-corrected chi connectivity index (χ0v) is 12.6. The third-order valence-electron chi connectivity index (χ3n) is 3.43. The summed E-state index contributed by atoms with van der Waals surface area (Å²) in [6.07, 6.45) is 1.55. The van der Waals surface area contributed by atoms with Crippen LogP contribution in [0.2, 0.25) is 0 Å². The molecule has 0 radical (unpaired) electrons. The maximum Gasteiger partial charge on any atom is 0.251 e. The lowest BCUT2D eigenvalue weighted by molar-refractivity contribution is -0.129. The number of rotatable bonds is 5. The zero-order valence-electron chi connectivity index (χ0n) is 12.6. The molecule has 2 aromatic rings. The molecule has 1 aromatic heterocycles. The minimum atomic E-state index is -0.344. The van der Waals surface area contributed by atoms with Gasteiger partial charge in [-0.3, -0.25) is 9.59 Å². The van der Waals surface area contributed by atoms with E-state index in [1.807, 2.05) is 0 Å². The first kappa shape index (κ1) is 15.0. The fourth-order valence-corrected chi connectivity index (χ4v) is 2.16. The van der Waals surface area contributed by atoms with Crippen molar-refractivity contribution in [3.8, 4) is 11.5 Å². The van der Waals surface area contributed by atoms with Crippen molar-refractivity contribution in [1.82, 2.24) is 10.2 Å². The second-order valence-electron chi connectivity index (χ2n) is 5.08. The monoisotopic (exact) mass is 316 g/mol. The molecule has 1 aliphatic heterocycles. The summed E-state index contributed by atoms with van der Waals surface area (Å²) in [5, 5.41) is 2.59. The number of hydrogen-bond donors (Lipinski definition) is 1. The van der Waals surface area contributed by atoms with Crippen LogP contribution >= 0.6 is 0 Å². The first-order valence-electron chi connectivity index (χ1n) is 7.07. The van der Waals surface area contributed by atoms with E-state index in [4.69, 9.17) is 13.9 Å². The molecule has 2 heterocycles. The molecule has 0 unspecified atom stereocenters. The molecular weight excluding hydrogens is 300 g/mol. The largest absolute Gasteiger partial charge is 0.467 e. The molecule has 1 N–H and O–H groups in total. The summed E-state index contributed by atoms with van der Waals surface area (Å²) in [6, 6.07) is 8.43. The highest BCUT2D eigenvalue weighted by atomic mass is 16.7. The molecule has 0 aliphatic carbocycles. The molecule has 0 saturated heterocycles. The fourth-order valence-electron chi connectivity index (χ4n) is 2.16. The smallest absolute Gasteiger partial charge is 0.251 e. The number of ether oxygens (including phenoxy) is 2. The first-order valence-corrected chi connectivity index (χ1v) is 7.07. The Kier molecular flexibility index (Phi) is 4.18. The fraction of sp³-hybridized carbons (Fsp3) is 0.250. The molecule has 7 nitrogen and oxygen atoms in total. The van der Waals surface area contributed by atoms with Crippen LogP contribution in [0.3, 0.4) is 0 Å². The lowest BCUT2D eigenvalue weighted by Gasteiger charge is -2.16. The Labute approximate surface area is 132 Å². The van der Waals surface area contributed by atoms with E-state index >= 15 is 0 Å². The molecule has 1 aliphatic rings. The van der Waals surface area contributed by atoms with E-state index in [2.05, 4.69) is 5.32 Å². The maximum absolute atomic E-state index is 12.1. The molecule has 23 heavy (non-hydrogen) atoms. The van der Waals surface area contributed by atoms with E-state index in [-0.39, 0.29) is 25.2 Å². The highest BCUT2D eigenvalue weighted by Crippen LogP contribution is 2.32. The standard InChI is InChI=1S/C16H16N2O5/c1-18(9-12-3-2-6-21-12)15(19)8-17-16(20)11-4-5-13-14(7-11)23-10-22-13/h2-7H,8-10H2,1H3,(H,17,20). The van der Waals surface area contributed by atoms with Crippen LogP contribution in [0.15, 0.2) is 41.0 Å². The van der Waals surface area contributed by atoms with Crippen molar-refractivity contribution >= 4 is 11.8 Å². The molecule has 0 bridgehead atoms. The Bertz CT molecular complexity index is 711. The van der Waals surface area contributed by atoms with Crippen molar-refractivity contribution in [2.75, 3.05) is 20.4 Å². The lowest BCUT2D eigenvalue weighted by atomic mass is 10.2. The number of nitrogens with one attached hydrogen (secondary N) is 1. The average Bonchev–Trinajstić information content (AvgIpc) is 3.22. The van der Waals surface area contributed by atoms with Crippen LogP contribution in [0, 0.1) is 0 Å². The van der Waals surface area contributed by atoms with Crippen LogP contribution in [0.25, 0.3) is 0 Å². The average molecular weight is 316 g/mol. The van der Waals surface area contributed by atoms with E-state index < -0.39 is 0 Å². The maximum atomic E-state index is 12.1. The molecule has 2 amide bonds. The summed E-state index contributed by atoms with van der Waals surface area (Å²) in [7, 11) is 1.65. The summed E-state index contributed by atoms with van der Waals surface area (Å²) < 4.78 is 15.6. The van der Waals surface area contributed by atoms with Crippen LogP contribution in [-0.4, -0.2) is 37.1 Å². The van der Waals surface area contributed by atoms with Gasteiger partial charge in [-0.05, 0) is 30.3 Å². The Morgan fingerprint density at radius 2 is 2.04 bits per heavy atom. The van der Waals surface area contributed by atoms with E-state index in [1.54, 1.807) is 43.6 Å². The third kappa shape index (κ3) is 3.45. The summed E-state index contributed by atoms with van der Waals surface area (Å²) in [5.74, 6) is 1.26. The minimum Gasteiger partial charge on any atom is -0.467 e. The van der Waals surface area contributed by atoms with Crippen molar-refractivity contribution in [1.29, 1.82) is 0 Å². The van der Waals surface area contributed by atoms with Gasteiger partial charge in [0, 0.05) is 12.6 Å². The number of carbonyl (C=O) groups is 2. The SMILES string of the molecule is CN(Cc1ccco1)C(=O)CNC(=O)c1ccc2c(c1)OCO2. The Hall–Kier alpha value is -2.96. The number of amides is 2. The quantitative estimate of drug-likeness (QED) is 0.902. The molecule has 1 aromatic carbocycles. The number of carbonyl (C=O) groups excluding carboxylic acids is 2. The predicted molar refractivity (Wildman–Crippen MR) is 80.1 cm³/mol. The normalized spacial score (nSPS) is 12.0. The summed E-state index contributed by atoms with van der Waals surface area (Å²) >= 11 is 0. The summed E-state index contributed by atoms with van der Waals surface area (Å²) in [4.78, 5) is 25.6. The Morgan fingerprint density at radius 1 is 1.22 bits per heavy atom. The van der Waals surface area contributed by atoms with Crippen molar-refractivity contribution in [2.45, 2.75) is 6.54 Å². The Balaban J connectivity index is 1.53. The molecule has 0 saturated carbocycles. The van der Waals surface area contributed by atoms with Crippen LogP contribution in [0.1, 0.15) is 16.1 Å². The van der Waals surface area contributed by atoms with Gasteiger partial charge in [-0.1, -0.05) is 0 Å². The molecule has 3 rings (SSSR count). The van der Waals surface area contributed by atoms with Gasteiger partial charge in [-0.25, -0.2) is 0 Å². The lowest BCUT2D eigenvalue weighted by Crippen LogP contribution is -2.37. The Morgan fingerprint density at radius 3 is 2.83 bits per heavy atom. The third-order valence-corrected chi connectivity index (χ3v) is 3.43. The number of furan rings is 1. The van der Waals surface area contributed by atoms with Gasteiger partial charge in [-0.2, -0.15) is 0 Å².